The molecular formula is C15H16N2O3S. The molecule has 0 aliphatic carbocycles. The van der Waals surface area contributed by atoms with Crippen molar-refractivity contribution in [1.82, 2.24) is 4.98 Å². The average Bonchev–Trinajstić information content (AvgIpc) is 2.50. The number of esters is 1. The van der Waals surface area contributed by atoms with E-state index in [9.17, 15) is 4.79 Å². The zero-order chi connectivity index (χ0) is 15.2. The van der Waals surface area contributed by atoms with E-state index < -0.39 is 5.97 Å². The van der Waals surface area contributed by atoms with Gasteiger partial charge in [-0.3, -0.25) is 0 Å². The Bertz CT molecular complexity index is 629. The Kier molecular flexibility index (Phi) is 5.05. The van der Waals surface area contributed by atoms with Gasteiger partial charge < -0.3 is 15.2 Å². The predicted octanol–water partition coefficient (Wildman–Crippen LogP) is 3.00. The number of aromatic nitrogens is 1. The van der Waals surface area contributed by atoms with Crippen molar-refractivity contribution in [2.24, 2.45) is 0 Å². The Morgan fingerprint density at radius 3 is 2.62 bits per heavy atom. The highest BCUT2D eigenvalue weighted by Crippen LogP contribution is 2.32. The van der Waals surface area contributed by atoms with Gasteiger partial charge in [0.2, 0.25) is 0 Å². The van der Waals surface area contributed by atoms with E-state index in [0.717, 1.165) is 10.6 Å². The molecule has 0 bridgehead atoms. The van der Waals surface area contributed by atoms with Crippen LogP contribution in [0.3, 0.4) is 0 Å². The molecule has 2 N–H and O–H groups in total. The van der Waals surface area contributed by atoms with Gasteiger partial charge >= 0.3 is 5.97 Å². The fourth-order valence-corrected chi connectivity index (χ4v) is 2.51. The molecule has 0 aliphatic rings. The van der Waals surface area contributed by atoms with Crippen LogP contribution in [0.25, 0.3) is 0 Å². The Labute approximate surface area is 127 Å². The first-order valence-electron chi connectivity index (χ1n) is 6.39. The molecule has 2 rings (SSSR count). The standard InChI is InChI=1S/C15H16N2O3S/c1-3-20-15(18)12-8-9-17-14(13(12)16)21-11-6-4-10(19-2)5-7-11/h4-9H,3,16H2,1-2H3. The van der Waals surface area contributed by atoms with Gasteiger partial charge in [-0.15, -0.1) is 0 Å². The highest BCUT2D eigenvalue weighted by molar-refractivity contribution is 7.99. The van der Waals surface area contributed by atoms with Gasteiger partial charge in [-0.1, -0.05) is 11.8 Å². The van der Waals surface area contributed by atoms with Crippen molar-refractivity contribution in [3.63, 3.8) is 0 Å². The number of ether oxygens (including phenoxy) is 2. The first kappa shape index (κ1) is 15.2. The molecule has 1 heterocycles. The van der Waals surface area contributed by atoms with E-state index in [4.69, 9.17) is 15.2 Å². The van der Waals surface area contributed by atoms with Crippen molar-refractivity contribution in [3.8, 4) is 5.75 Å². The Morgan fingerprint density at radius 1 is 1.29 bits per heavy atom. The van der Waals surface area contributed by atoms with Crippen molar-refractivity contribution in [3.05, 3.63) is 42.1 Å². The second kappa shape index (κ2) is 6.99. The number of rotatable bonds is 5. The molecule has 0 saturated heterocycles. The number of carbonyl (C=O) groups is 1. The van der Waals surface area contributed by atoms with Crippen molar-refractivity contribution < 1.29 is 14.3 Å². The lowest BCUT2D eigenvalue weighted by Crippen LogP contribution is -2.09. The first-order chi connectivity index (χ1) is 10.2. The smallest absolute Gasteiger partial charge is 0.340 e. The van der Waals surface area contributed by atoms with Gasteiger partial charge in [-0.2, -0.15) is 0 Å². The normalized spacial score (nSPS) is 10.2. The predicted molar refractivity (Wildman–Crippen MR) is 81.7 cm³/mol. The molecule has 5 nitrogen and oxygen atoms in total. The zero-order valence-electron chi connectivity index (χ0n) is 11.8. The summed E-state index contributed by atoms with van der Waals surface area (Å²) in [4.78, 5) is 17.0. The third-order valence-electron chi connectivity index (χ3n) is 2.72. The molecule has 21 heavy (non-hydrogen) atoms. The number of nitrogens with two attached hydrogens (primary N) is 1. The fraction of sp³-hybridized carbons (Fsp3) is 0.200. The summed E-state index contributed by atoms with van der Waals surface area (Å²) in [5.41, 5.74) is 6.68. The molecular weight excluding hydrogens is 288 g/mol. The molecule has 0 atom stereocenters. The second-order valence-electron chi connectivity index (χ2n) is 4.08. The van der Waals surface area contributed by atoms with Crippen molar-refractivity contribution in [2.75, 3.05) is 19.5 Å². The topological polar surface area (TPSA) is 74.4 Å². The van der Waals surface area contributed by atoms with Gasteiger partial charge in [0.15, 0.2) is 0 Å². The van der Waals surface area contributed by atoms with E-state index in [0.29, 0.717) is 22.9 Å². The number of nitrogens with zero attached hydrogens (tertiary/aromatic N) is 1. The van der Waals surface area contributed by atoms with E-state index >= 15 is 0 Å². The molecule has 0 spiro atoms. The number of hydrogen-bond donors (Lipinski definition) is 1. The monoisotopic (exact) mass is 304 g/mol. The molecule has 0 unspecified atom stereocenters. The number of carbonyl (C=O) groups excluding carboxylic acids is 1. The van der Waals surface area contributed by atoms with Crippen molar-refractivity contribution in [2.45, 2.75) is 16.8 Å². The largest absolute Gasteiger partial charge is 0.497 e. The Hall–Kier alpha value is -2.21. The molecule has 6 heteroatoms. The lowest BCUT2D eigenvalue weighted by Gasteiger charge is -2.09. The second-order valence-corrected chi connectivity index (χ2v) is 5.14. The number of methoxy groups -OCH3 is 1. The van der Waals surface area contributed by atoms with Gasteiger partial charge in [0, 0.05) is 11.1 Å². The number of hydrogen-bond acceptors (Lipinski definition) is 6. The van der Waals surface area contributed by atoms with Crippen LogP contribution in [0.15, 0.2) is 46.5 Å². The van der Waals surface area contributed by atoms with Gasteiger partial charge in [-0.05, 0) is 37.3 Å². The maximum Gasteiger partial charge on any atom is 0.340 e. The van der Waals surface area contributed by atoms with Gasteiger partial charge in [0.05, 0.1) is 25.0 Å². The van der Waals surface area contributed by atoms with Crippen LogP contribution in [0, 0.1) is 0 Å². The summed E-state index contributed by atoms with van der Waals surface area (Å²) < 4.78 is 10.1. The van der Waals surface area contributed by atoms with Crippen LogP contribution in [0.2, 0.25) is 0 Å². The van der Waals surface area contributed by atoms with Crippen LogP contribution in [-0.4, -0.2) is 24.7 Å². The molecule has 1 aromatic heterocycles. The maximum atomic E-state index is 11.8. The molecule has 0 aliphatic heterocycles. The van der Waals surface area contributed by atoms with E-state index in [-0.39, 0.29) is 0 Å². The fourth-order valence-electron chi connectivity index (χ4n) is 1.68. The highest BCUT2D eigenvalue weighted by Gasteiger charge is 2.15. The van der Waals surface area contributed by atoms with Gasteiger partial charge in [0.1, 0.15) is 10.8 Å². The van der Waals surface area contributed by atoms with E-state index in [1.807, 2.05) is 24.3 Å². The molecule has 0 amide bonds. The van der Waals surface area contributed by atoms with E-state index in [1.54, 1.807) is 26.3 Å². The maximum absolute atomic E-state index is 11.8. The number of benzene rings is 1. The summed E-state index contributed by atoms with van der Waals surface area (Å²) in [5, 5.41) is 0.575. The van der Waals surface area contributed by atoms with Crippen LogP contribution in [-0.2, 0) is 4.74 Å². The molecule has 2 aromatic rings. The molecule has 110 valence electrons. The molecule has 0 radical (unpaired) electrons. The number of anilines is 1. The zero-order valence-corrected chi connectivity index (χ0v) is 12.6. The Balaban J connectivity index is 2.23. The van der Waals surface area contributed by atoms with Crippen LogP contribution in [0.5, 0.6) is 5.75 Å². The van der Waals surface area contributed by atoms with Gasteiger partial charge in [0.25, 0.3) is 0 Å². The third-order valence-corrected chi connectivity index (χ3v) is 3.75. The SMILES string of the molecule is CCOC(=O)c1ccnc(Sc2ccc(OC)cc2)c1N. The minimum absolute atomic E-state index is 0.307. The van der Waals surface area contributed by atoms with E-state index in [2.05, 4.69) is 4.98 Å². The summed E-state index contributed by atoms with van der Waals surface area (Å²) in [6.45, 7) is 2.06. The minimum atomic E-state index is -0.436. The first-order valence-corrected chi connectivity index (χ1v) is 7.21. The van der Waals surface area contributed by atoms with E-state index in [1.165, 1.54) is 11.8 Å². The van der Waals surface area contributed by atoms with Crippen LogP contribution in [0.1, 0.15) is 17.3 Å². The van der Waals surface area contributed by atoms with Crippen LogP contribution < -0.4 is 10.5 Å². The summed E-state index contributed by atoms with van der Waals surface area (Å²) in [7, 11) is 1.62. The van der Waals surface area contributed by atoms with Crippen LogP contribution >= 0.6 is 11.8 Å². The highest BCUT2D eigenvalue weighted by atomic mass is 32.2. The summed E-state index contributed by atoms with van der Waals surface area (Å²) in [6, 6.07) is 9.08. The Morgan fingerprint density at radius 2 is 2.00 bits per heavy atom. The number of nitrogen functional groups attached to an aromatic ring is 1. The van der Waals surface area contributed by atoms with Crippen molar-refractivity contribution >= 4 is 23.4 Å². The molecule has 1 aromatic carbocycles. The quantitative estimate of drug-likeness (QED) is 0.856. The summed E-state index contributed by atoms with van der Waals surface area (Å²) >= 11 is 1.38. The molecule has 0 fully saturated rings. The van der Waals surface area contributed by atoms with Gasteiger partial charge in [-0.25, -0.2) is 9.78 Å². The summed E-state index contributed by atoms with van der Waals surface area (Å²) in [5.74, 6) is 0.342. The lowest BCUT2D eigenvalue weighted by molar-refractivity contribution is 0.0527. The minimum Gasteiger partial charge on any atom is -0.497 e. The van der Waals surface area contributed by atoms with Crippen LogP contribution in [0.4, 0.5) is 5.69 Å². The number of pyridine rings is 1. The molecule has 0 saturated carbocycles. The third kappa shape index (κ3) is 3.66. The lowest BCUT2D eigenvalue weighted by atomic mass is 10.2. The van der Waals surface area contributed by atoms with Crippen molar-refractivity contribution in [1.29, 1.82) is 0 Å². The average molecular weight is 304 g/mol. The summed E-state index contributed by atoms with van der Waals surface area (Å²) in [6.07, 6.45) is 1.55.